The van der Waals surface area contributed by atoms with Crippen LogP contribution >= 0.6 is 0 Å². The predicted molar refractivity (Wildman–Crippen MR) is 271 cm³/mol. The van der Waals surface area contributed by atoms with Crippen molar-refractivity contribution in [1.29, 1.82) is 0 Å². The summed E-state index contributed by atoms with van der Waals surface area (Å²) in [6.45, 7) is 0. The topological polar surface area (TPSA) is 77.3 Å². The Bertz CT molecular complexity index is 3630. The van der Waals surface area contributed by atoms with Crippen molar-refractivity contribution in [2.45, 2.75) is 11.8 Å². The molecule has 318 valence electrons. The lowest BCUT2D eigenvalue weighted by molar-refractivity contribution is 0.755. The summed E-state index contributed by atoms with van der Waals surface area (Å²) in [6.07, 6.45) is 3.67. The van der Waals surface area contributed by atoms with Crippen LogP contribution in [0.1, 0.15) is 45.2 Å². The molecule has 0 fully saturated rings. The molecular weight excluding hydrogens is 829 g/mol. The molecule has 68 heavy (non-hydrogen) atoms. The second-order valence-electron chi connectivity index (χ2n) is 17.4. The monoisotopic (exact) mass is 868 g/mol. The molecule has 3 aromatic heterocycles. The maximum Gasteiger partial charge on any atom is 0.164 e. The van der Waals surface area contributed by atoms with Gasteiger partial charge in [0.15, 0.2) is 23.3 Å². The third kappa shape index (κ3) is 6.90. The Labute approximate surface area is 394 Å². The first kappa shape index (κ1) is 39.4. The predicted octanol–water partition coefficient (Wildman–Crippen LogP) is 14.4. The van der Waals surface area contributed by atoms with Gasteiger partial charge in [-0.05, 0) is 92.0 Å². The molecule has 2 bridgehead atoms. The average molecular weight is 869 g/mol. The minimum Gasteiger partial charge on any atom is -0.265 e. The van der Waals surface area contributed by atoms with Gasteiger partial charge < -0.3 is 0 Å². The van der Waals surface area contributed by atoms with Crippen LogP contribution in [-0.2, 0) is 0 Å². The van der Waals surface area contributed by atoms with Gasteiger partial charge in [0.1, 0.15) is 0 Å². The van der Waals surface area contributed by atoms with Crippen molar-refractivity contribution in [3.05, 3.63) is 264 Å². The first-order valence-electron chi connectivity index (χ1n) is 23.0. The summed E-state index contributed by atoms with van der Waals surface area (Å²) in [5.41, 5.74) is 20.1. The number of hydrogen-bond donors (Lipinski definition) is 0. The summed E-state index contributed by atoms with van der Waals surface area (Å²) in [5, 5.41) is 0. The Morgan fingerprint density at radius 3 is 1.26 bits per heavy atom. The second-order valence-corrected chi connectivity index (χ2v) is 17.4. The molecule has 2 atom stereocenters. The zero-order chi connectivity index (χ0) is 45.0. The molecular formula is C62H40N6. The van der Waals surface area contributed by atoms with Gasteiger partial charge in [0.2, 0.25) is 0 Å². The van der Waals surface area contributed by atoms with Crippen molar-refractivity contribution in [1.82, 2.24) is 29.9 Å². The molecule has 3 aliphatic carbocycles. The van der Waals surface area contributed by atoms with Gasteiger partial charge in [0, 0.05) is 57.6 Å². The van der Waals surface area contributed by atoms with Gasteiger partial charge in [-0.25, -0.2) is 24.9 Å². The van der Waals surface area contributed by atoms with Crippen LogP contribution in [-0.4, -0.2) is 29.9 Å². The van der Waals surface area contributed by atoms with Crippen molar-refractivity contribution in [2.75, 3.05) is 0 Å². The first-order valence-corrected chi connectivity index (χ1v) is 23.0. The Morgan fingerprint density at radius 1 is 0.235 bits per heavy atom. The molecule has 11 aromatic rings. The third-order valence-electron chi connectivity index (χ3n) is 13.4. The molecule has 0 N–H and O–H groups in total. The van der Waals surface area contributed by atoms with E-state index in [0.29, 0.717) is 23.3 Å². The number of nitrogens with zero attached hydrogens (tertiary/aromatic N) is 6. The molecule has 3 heterocycles. The van der Waals surface area contributed by atoms with Crippen LogP contribution in [0.15, 0.2) is 231 Å². The molecule has 3 aliphatic rings. The van der Waals surface area contributed by atoms with E-state index in [4.69, 9.17) is 24.9 Å². The molecule has 6 heteroatoms. The SMILES string of the molecule is c1ccc(-c2nc(-c3cccc(-c4ccc5c(c4)C4c6ccccc6C5c5cc(-c6nc(-c7ccccc7)nc(-c7ccccc7)n6)ccc54)c3)cc(-c3ccccc3-c3ccncc3)n2)cc1. The van der Waals surface area contributed by atoms with Gasteiger partial charge in [-0.2, -0.15) is 0 Å². The molecule has 8 aromatic carbocycles. The van der Waals surface area contributed by atoms with E-state index in [1.54, 1.807) is 0 Å². The number of rotatable bonds is 8. The summed E-state index contributed by atoms with van der Waals surface area (Å²) < 4.78 is 0. The fourth-order valence-electron chi connectivity index (χ4n) is 10.3. The second kappa shape index (κ2) is 16.5. The van der Waals surface area contributed by atoms with Crippen molar-refractivity contribution >= 4 is 0 Å². The molecule has 2 unspecified atom stereocenters. The van der Waals surface area contributed by atoms with Crippen LogP contribution < -0.4 is 0 Å². The number of pyridine rings is 1. The molecule has 0 saturated heterocycles. The van der Waals surface area contributed by atoms with Crippen molar-refractivity contribution in [2.24, 2.45) is 0 Å². The lowest BCUT2D eigenvalue weighted by Gasteiger charge is -2.42. The summed E-state index contributed by atoms with van der Waals surface area (Å²) in [6, 6.07) is 76.9. The number of hydrogen-bond acceptors (Lipinski definition) is 6. The lowest BCUT2D eigenvalue weighted by Crippen LogP contribution is -2.27. The maximum atomic E-state index is 5.22. The summed E-state index contributed by atoms with van der Waals surface area (Å²) in [4.78, 5) is 29.8. The highest BCUT2D eigenvalue weighted by Gasteiger charge is 2.41. The number of benzene rings is 8. The summed E-state index contributed by atoms with van der Waals surface area (Å²) >= 11 is 0. The summed E-state index contributed by atoms with van der Waals surface area (Å²) in [7, 11) is 0. The molecule has 0 spiro atoms. The Hall–Kier alpha value is -9.00. The van der Waals surface area contributed by atoms with Gasteiger partial charge in [-0.3, -0.25) is 4.98 Å². The van der Waals surface area contributed by atoms with Crippen molar-refractivity contribution in [3.8, 4) is 90.3 Å². The molecule has 0 radical (unpaired) electrons. The molecule has 14 rings (SSSR count). The molecule has 6 nitrogen and oxygen atoms in total. The largest absolute Gasteiger partial charge is 0.265 e. The minimum atomic E-state index is 0.0661. The van der Waals surface area contributed by atoms with E-state index in [9.17, 15) is 0 Å². The van der Waals surface area contributed by atoms with Crippen molar-refractivity contribution in [3.63, 3.8) is 0 Å². The van der Waals surface area contributed by atoms with E-state index in [0.717, 1.165) is 61.5 Å². The molecule has 0 saturated carbocycles. The van der Waals surface area contributed by atoms with Crippen LogP contribution in [0.25, 0.3) is 90.3 Å². The van der Waals surface area contributed by atoms with Gasteiger partial charge in [-0.1, -0.05) is 182 Å². The van der Waals surface area contributed by atoms with E-state index in [1.807, 2.05) is 79.1 Å². The first-order chi connectivity index (χ1) is 33.7. The zero-order valence-electron chi connectivity index (χ0n) is 36.8. The van der Waals surface area contributed by atoms with Crippen LogP contribution in [0.2, 0.25) is 0 Å². The Kier molecular flexibility index (Phi) is 9.53. The van der Waals surface area contributed by atoms with E-state index in [2.05, 4.69) is 157 Å². The van der Waals surface area contributed by atoms with Crippen LogP contribution in [0.4, 0.5) is 0 Å². The Balaban J connectivity index is 0.899. The van der Waals surface area contributed by atoms with Gasteiger partial charge in [-0.15, -0.1) is 0 Å². The molecule has 0 amide bonds. The van der Waals surface area contributed by atoms with Crippen LogP contribution in [0.5, 0.6) is 0 Å². The fraction of sp³-hybridized carbons (Fsp3) is 0.0323. The van der Waals surface area contributed by atoms with Crippen LogP contribution in [0.3, 0.4) is 0 Å². The lowest BCUT2D eigenvalue weighted by atomic mass is 9.60. The molecule has 0 aliphatic heterocycles. The van der Waals surface area contributed by atoms with E-state index >= 15 is 0 Å². The quantitative estimate of drug-likeness (QED) is 0.151. The van der Waals surface area contributed by atoms with Crippen molar-refractivity contribution < 1.29 is 0 Å². The smallest absolute Gasteiger partial charge is 0.164 e. The van der Waals surface area contributed by atoms with Crippen LogP contribution in [0, 0.1) is 0 Å². The fourth-order valence-corrected chi connectivity index (χ4v) is 10.3. The zero-order valence-corrected chi connectivity index (χ0v) is 36.8. The van der Waals surface area contributed by atoms with E-state index in [1.165, 1.54) is 38.9 Å². The van der Waals surface area contributed by atoms with Gasteiger partial charge in [0.25, 0.3) is 0 Å². The van der Waals surface area contributed by atoms with E-state index in [-0.39, 0.29) is 11.8 Å². The third-order valence-corrected chi connectivity index (χ3v) is 13.4. The standard InChI is InChI=1S/C62H40N6/c1-4-15-40(16-5-1)59-64-55(38-56(65-59)48-24-11-10-23-47(48)39-31-33-63-34-32-39)45-22-14-21-43(35-45)44-27-29-51-53(36-44)57-49-25-12-13-26-50(49)58(51)54-37-46(28-30-52(54)57)62-67-60(41-17-6-2-7-18-41)66-61(68-62)42-19-8-3-9-20-42/h1-38,57-58H. The number of aromatic nitrogens is 6. The average Bonchev–Trinajstić information content (AvgIpc) is 3.43. The normalized spacial score (nSPS) is 14.2. The minimum absolute atomic E-state index is 0.0661. The highest BCUT2D eigenvalue weighted by molar-refractivity contribution is 5.85. The van der Waals surface area contributed by atoms with Gasteiger partial charge >= 0.3 is 0 Å². The summed E-state index contributed by atoms with van der Waals surface area (Å²) in [5.74, 6) is 2.80. The Morgan fingerprint density at radius 2 is 0.662 bits per heavy atom. The maximum absolute atomic E-state index is 5.22. The van der Waals surface area contributed by atoms with E-state index < -0.39 is 0 Å². The highest BCUT2D eigenvalue weighted by Crippen LogP contribution is 2.56. The highest BCUT2D eigenvalue weighted by atomic mass is 15.0. The van der Waals surface area contributed by atoms with Gasteiger partial charge in [0.05, 0.1) is 11.4 Å².